The third-order valence-electron chi connectivity index (χ3n) is 2.70. The van der Waals surface area contributed by atoms with Crippen LogP contribution in [0.4, 0.5) is 0 Å². The first-order valence-electron chi connectivity index (χ1n) is 5.05. The molecule has 6 heteroatoms. The number of hydrogen-bond donors (Lipinski definition) is 2. The van der Waals surface area contributed by atoms with Crippen LogP contribution in [0.3, 0.4) is 0 Å². The molecular weight excluding hydrogens is 196 g/mol. The predicted molar refractivity (Wildman–Crippen MR) is 52.7 cm³/mol. The van der Waals surface area contributed by atoms with Gasteiger partial charge in [-0.1, -0.05) is 5.21 Å². The number of rotatable bonds is 2. The zero-order chi connectivity index (χ0) is 10.8. The molecule has 0 aromatic carbocycles. The number of aromatic carboxylic acids is 1. The van der Waals surface area contributed by atoms with Crippen LogP contribution < -0.4 is 5.32 Å². The predicted octanol–water partition coefficient (Wildman–Crippen LogP) is 0.289. The second-order valence-electron chi connectivity index (χ2n) is 3.92. The molecule has 82 valence electrons. The number of carboxylic acids is 1. The molecule has 0 amide bonds. The maximum atomic E-state index is 10.6. The minimum atomic E-state index is -1.02. The molecule has 1 aliphatic rings. The number of carboxylic acid groups (broad SMARTS) is 1. The number of hydrogen-bond acceptors (Lipinski definition) is 4. The molecule has 6 nitrogen and oxygen atoms in total. The second kappa shape index (κ2) is 3.98. The molecule has 0 aliphatic carbocycles. The Kier molecular flexibility index (Phi) is 2.68. The van der Waals surface area contributed by atoms with Gasteiger partial charge < -0.3 is 10.4 Å². The van der Waals surface area contributed by atoms with Gasteiger partial charge in [0, 0.05) is 6.04 Å². The SMILES string of the molecule is C[C@@H]1C[C@@H](n2cc(C(=O)O)nn2)CCN1. The van der Waals surface area contributed by atoms with Crippen molar-refractivity contribution in [2.75, 3.05) is 6.54 Å². The van der Waals surface area contributed by atoms with E-state index in [4.69, 9.17) is 5.11 Å². The topological polar surface area (TPSA) is 80.0 Å². The van der Waals surface area contributed by atoms with Gasteiger partial charge in [-0.25, -0.2) is 9.48 Å². The third-order valence-corrected chi connectivity index (χ3v) is 2.70. The largest absolute Gasteiger partial charge is 0.476 e. The van der Waals surface area contributed by atoms with Gasteiger partial charge >= 0.3 is 5.97 Å². The highest BCUT2D eigenvalue weighted by Crippen LogP contribution is 2.20. The Labute approximate surface area is 87.3 Å². The van der Waals surface area contributed by atoms with E-state index < -0.39 is 5.97 Å². The van der Waals surface area contributed by atoms with Gasteiger partial charge in [0.2, 0.25) is 0 Å². The van der Waals surface area contributed by atoms with Crippen LogP contribution in [0, 0.1) is 0 Å². The van der Waals surface area contributed by atoms with Gasteiger partial charge in [0.15, 0.2) is 5.69 Å². The Morgan fingerprint density at radius 1 is 1.73 bits per heavy atom. The summed E-state index contributed by atoms with van der Waals surface area (Å²) in [7, 11) is 0. The summed E-state index contributed by atoms with van der Waals surface area (Å²) in [5, 5.41) is 19.5. The van der Waals surface area contributed by atoms with Gasteiger partial charge in [0.1, 0.15) is 0 Å². The standard InChI is InChI=1S/C9H14N4O2/c1-6-4-7(2-3-10-6)13-5-8(9(14)15)11-12-13/h5-7,10H,2-4H2,1H3,(H,14,15)/t6-,7+/m1/s1. The van der Waals surface area contributed by atoms with E-state index in [0.29, 0.717) is 6.04 Å². The van der Waals surface area contributed by atoms with E-state index in [1.807, 2.05) is 0 Å². The van der Waals surface area contributed by atoms with E-state index in [0.717, 1.165) is 19.4 Å². The summed E-state index contributed by atoms with van der Waals surface area (Å²) in [5.41, 5.74) is 0.0150. The lowest BCUT2D eigenvalue weighted by atomic mass is 10.0. The maximum absolute atomic E-state index is 10.6. The average molecular weight is 210 g/mol. The van der Waals surface area contributed by atoms with Crippen LogP contribution in [0.2, 0.25) is 0 Å². The molecule has 2 N–H and O–H groups in total. The highest BCUT2D eigenvalue weighted by molar-refractivity contribution is 5.84. The third kappa shape index (κ3) is 2.15. The van der Waals surface area contributed by atoms with Crippen molar-refractivity contribution < 1.29 is 9.90 Å². The van der Waals surface area contributed by atoms with Crippen molar-refractivity contribution >= 4 is 5.97 Å². The Hall–Kier alpha value is -1.43. The van der Waals surface area contributed by atoms with Gasteiger partial charge in [-0.2, -0.15) is 0 Å². The fourth-order valence-corrected chi connectivity index (χ4v) is 1.90. The van der Waals surface area contributed by atoms with Gasteiger partial charge in [-0.15, -0.1) is 5.10 Å². The molecular formula is C9H14N4O2. The van der Waals surface area contributed by atoms with Crippen molar-refractivity contribution in [2.45, 2.75) is 31.8 Å². The molecule has 1 aromatic rings. The summed E-state index contributed by atoms with van der Waals surface area (Å²) in [5.74, 6) is -1.02. The normalized spacial score (nSPS) is 26.5. The summed E-state index contributed by atoms with van der Waals surface area (Å²) >= 11 is 0. The van der Waals surface area contributed by atoms with Crippen molar-refractivity contribution in [2.24, 2.45) is 0 Å². The molecule has 2 rings (SSSR count). The van der Waals surface area contributed by atoms with Crippen LogP contribution in [-0.4, -0.2) is 38.7 Å². The fourth-order valence-electron chi connectivity index (χ4n) is 1.90. The van der Waals surface area contributed by atoms with Crippen LogP contribution in [0.15, 0.2) is 6.20 Å². The van der Waals surface area contributed by atoms with Crippen LogP contribution in [0.25, 0.3) is 0 Å². The smallest absolute Gasteiger partial charge is 0.358 e. The highest BCUT2D eigenvalue weighted by atomic mass is 16.4. The molecule has 0 spiro atoms. The Morgan fingerprint density at radius 2 is 2.53 bits per heavy atom. The van der Waals surface area contributed by atoms with Crippen LogP contribution >= 0.6 is 0 Å². The summed E-state index contributed by atoms with van der Waals surface area (Å²) in [6.45, 7) is 3.05. The van der Waals surface area contributed by atoms with Crippen molar-refractivity contribution in [1.82, 2.24) is 20.3 Å². The number of carbonyl (C=O) groups is 1. The Morgan fingerprint density at radius 3 is 3.13 bits per heavy atom. The zero-order valence-electron chi connectivity index (χ0n) is 8.55. The quantitative estimate of drug-likeness (QED) is 0.733. The Bertz CT molecular complexity index is 363. The average Bonchev–Trinajstić information content (AvgIpc) is 2.66. The van der Waals surface area contributed by atoms with Crippen molar-refractivity contribution in [3.05, 3.63) is 11.9 Å². The van der Waals surface area contributed by atoms with Crippen molar-refractivity contribution in [3.8, 4) is 0 Å². The lowest BCUT2D eigenvalue weighted by Gasteiger charge is -2.27. The van der Waals surface area contributed by atoms with Crippen molar-refractivity contribution in [3.63, 3.8) is 0 Å². The zero-order valence-corrected chi connectivity index (χ0v) is 8.55. The molecule has 2 heterocycles. The van der Waals surface area contributed by atoms with Crippen LogP contribution in [-0.2, 0) is 0 Å². The number of nitrogens with one attached hydrogen (secondary N) is 1. The molecule has 0 radical (unpaired) electrons. The van der Waals surface area contributed by atoms with E-state index in [1.54, 1.807) is 4.68 Å². The summed E-state index contributed by atoms with van der Waals surface area (Å²) in [6.07, 6.45) is 3.43. The number of nitrogens with zero attached hydrogens (tertiary/aromatic N) is 3. The summed E-state index contributed by atoms with van der Waals surface area (Å²) in [4.78, 5) is 10.6. The van der Waals surface area contributed by atoms with E-state index >= 15 is 0 Å². The molecule has 15 heavy (non-hydrogen) atoms. The minimum absolute atomic E-state index is 0.0150. The molecule has 0 unspecified atom stereocenters. The maximum Gasteiger partial charge on any atom is 0.358 e. The fraction of sp³-hybridized carbons (Fsp3) is 0.667. The van der Waals surface area contributed by atoms with Crippen LogP contribution in [0.5, 0.6) is 0 Å². The van der Waals surface area contributed by atoms with Crippen LogP contribution in [0.1, 0.15) is 36.3 Å². The van der Waals surface area contributed by atoms with Gasteiger partial charge in [-0.05, 0) is 26.3 Å². The van der Waals surface area contributed by atoms with Gasteiger partial charge in [-0.3, -0.25) is 0 Å². The first-order valence-corrected chi connectivity index (χ1v) is 5.05. The lowest BCUT2D eigenvalue weighted by molar-refractivity contribution is 0.0690. The molecule has 1 aromatic heterocycles. The van der Waals surface area contributed by atoms with E-state index in [9.17, 15) is 4.79 Å². The lowest BCUT2D eigenvalue weighted by Crippen LogP contribution is -2.36. The van der Waals surface area contributed by atoms with E-state index in [1.165, 1.54) is 6.20 Å². The monoisotopic (exact) mass is 210 g/mol. The second-order valence-corrected chi connectivity index (χ2v) is 3.92. The summed E-state index contributed by atoms with van der Waals surface area (Å²) < 4.78 is 1.67. The van der Waals surface area contributed by atoms with E-state index in [2.05, 4.69) is 22.6 Å². The minimum Gasteiger partial charge on any atom is -0.476 e. The molecule has 2 atom stereocenters. The molecule has 1 aliphatic heterocycles. The molecule has 0 bridgehead atoms. The van der Waals surface area contributed by atoms with E-state index in [-0.39, 0.29) is 11.7 Å². The molecule has 1 saturated heterocycles. The first kappa shape index (κ1) is 10.1. The van der Waals surface area contributed by atoms with Gasteiger partial charge in [0.25, 0.3) is 0 Å². The van der Waals surface area contributed by atoms with Gasteiger partial charge in [0.05, 0.1) is 12.2 Å². The Balaban J connectivity index is 2.11. The summed E-state index contributed by atoms with van der Waals surface area (Å²) in [6, 6.07) is 0.711. The molecule has 0 saturated carbocycles. The van der Waals surface area contributed by atoms with Crippen molar-refractivity contribution in [1.29, 1.82) is 0 Å². The number of aromatic nitrogens is 3. The molecule has 1 fully saturated rings. The first-order chi connectivity index (χ1) is 7.16. The highest BCUT2D eigenvalue weighted by Gasteiger charge is 2.21. The number of piperidine rings is 1.